The van der Waals surface area contributed by atoms with E-state index < -0.39 is 23.3 Å². The van der Waals surface area contributed by atoms with Gasteiger partial charge in [0.1, 0.15) is 17.4 Å². The molecule has 0 unspecified atom stereocenters. The van der Waals surface area contributed by atoms with E-state index in [1.165, 1.54) is 7.11 Å². The van der Waals surface area contributed by atoms with Gasteiger partial charge in [-0.15, -0.1) is 0 Å². The van der Waals surface area contributed by atoms with E-state index in [9.17, 15) is 23.2 Å². The van der Waals surface area contributed by atoms with Crippen molar-refractivity contribution in [3.8, 4) is 5.75 Å². The highest BCUT2D eigenvalue weighted by Crippen LogP contribution is 2.25. The molecule has 2 amide bonds. The van der Waals surface area contributed by atoms with Crippen LogP contribution >= 0.6 is 0 Å². The highest BCUT2D eigenvalue weighted by atomic mass is 19.1. The van der Waals surface area contributed by atoms with Crippen LogP contribution in [0.15, 0.2) is 36.4 Å². The van der Waals surface area contributed by atoms with Crippen LogP contribution in [0.5, 0.6) is 5.75 Å². The summed E-state index contributed by atoms with van der Waals surface area (Å²) in [5.41, 5.74) is 1.25. The molecule has 3 rings (SSSR count). The number of benzene rings is 2. The fourth-order valence-electron chi connectivity index (χ4n) is 3.81. The lowest BCUT2D eigenvalue weighted by Gasteiger charge is -2.30. The molecule has 2 aromatic carbocycles. The molecule has 9 heteroatoms. The number of Topliss-reactive ketones (excluding diaryl/α,β-unsaturated/α-hetero) is 1. The molecule has 0 aromatic heterocycles. The van der Waals surface area contributed by atoms with E-state index in [4.69, 9.17) is 4.74 Å². The molecule has 7 nitrogen and oxygen atoms in total. The number of hydrogen-bond donors (Lipinski definition) is 2. The average molecular weight is 459 g/mol. The largest absolute Gasteiger partial charge is 0.495 e. The quantitative estimate of drug-likeness (QED) is 0.593. The first-order valence-electron chi connectivity index (χ1n) is 10.7. The van der Waals surface area contributed by atoms with E-state index in [0.29, 0.717) is 37.4 Å². The number of ketones is 1. The summed E-state index contributed by atoms with van der Waals surface area (Å²) in [4.78, 5) is 38.9. The summed E-state index contributed by atoms with van der Waals surface area (Å²) in [5.74, 6) is -2.40. The Morgan fingerprint density at radius 2 is 1.79 bits per heavy atom. The predicted octanol–water partition coefficient (Wildman–Crippen LogP) is 2.93. The Hall–Kier alpha value is -3.33. The summed E-state index contributed by atoms with van der Waals surface area (Å²) >= 11 is 0. The lowest BCUT2D eigenvalue weighted by Crippen LogP contribution is -2.44. The van der Waals surface area contributed by atoms with Crippen molar-refractivity contribution in [1.82, 2.24) is 10.2 Å². The first-order valence-corrected chi connectivity index (χ1v) is 10.7. The summed E-state index contributed by atoms with van der Waals surface area (Å²) in [5, 5.41) is 5.30. The molecule has 1 fully saturated rings. The Morgan fingerprint density at radius 3 is 2.48 bits per heavy atom. The highest BCUT2D eigenvalue weighted by molar-refractivity contribution is 5.98. The van der Waals surface area contributed by atoms with Crippen molar-refractivity contribution in [1.29, 1.82) is 0 Å². The number of likely N-dealkylation sites (tertiary alicyclic amines) is 1. The average Bonchev–Trinajstić information content (AvgIpc) is 2.79. The summed E-state index contributed by atoms with van der Waals surface area (Å²) in [6, 6.07) is 8.25. The zero-order valence-electron chi connectivity index (χ0n) is 18.6. The van der Waals surface area contributed by atoms with Crippen LogP contribution in [-0.2, 0) is 9.59 Å². The second-order valence-corrected chi connectivity index (χ2v) is 8.07. The standard InChI is InChI=1S/C24H27F2N3O4/c1-15-3-6-21(33-2)20(11-15)28-22(30)13-27-23(31)14-29-9-7-16(8-10-29)24(32)18-12-17(25)4-5-19(18)26/h3-6,11-12,16H,7-10,13-14H2,1-2H3,(H,27,31)(H,28,30). The number of rotatable bonds is 8. The molecule has 0 radical (unpaired) electrons. The van der Waals surface area contributed by atoms with Crippen LogP contribution in [0.25, 0.3) is 0 Å². The van der Waals surface area contributed by atoms with E-state index in [2.05, 4.69) is 10.6 Å². The number of piperidine rings is 1. The maximum Gasteiger partial charge on any atom is 0.243 e. The van der Waals surface area contributed by atoms with Crippen molar-refractivity contribution in [2.24, 2.45) is 5.92 Å². The molecule has 0 aliphatic carbocycles. The van der Waals surface area contributed by atoms with Crippen molar-refractivity contribution in [2.45, 2.75) is 19.8 Å². The Labute approximate surface area is 191 Å². The third-order valence-corrected chi connectivity index (χ3v) is 5.59. The number of halogens is 2. The van der Waals surface area contributed by atoms with Gasteiger partial charge in [0.15, 0.2) is 5.78 Å². The Bertz CT molecular complexity index is 1040. The van der Waals surface area contributed by atoms with Gasteiger partial charge in [0, 0.05) is 5.92 Å². The monoisotopic (exact) mass is 459 g/mol. The number of aryl methyl sites for hydroxylation is 1. The van der Waals surface area contributed by atoms with Gasteiger partial charge in [0.05, 0.1) is 31.5 Å². The maximum absolute atomic E-state index is 13.9. The normalized spacial score (nSPS) is 14.5. The van der Waals surface area contributed by atoms with E-state index in [1.807, 2.05) is 17.9 Å². The molecule has 2 N–H and O–H groups in total. The van der Waals surface area contributed by atoms with Crippen LogP contribution in [0, 0.1) is 24.5 Å². The number of hydrogen-bond acceptors (Lipinski definition) is 5. The summed E-state index contributed by atoms with van der Waals surface area (Å²) in [7, 11) is 1.51. The topological polar surface area (TPSA) is 87.7 Å². The number of nitrogens with zero attached hydrogens (tertiary/aromatic N) is 1. The molecule has 1 saturated heterocycles. The van der Waals surface area contributed by atoms with Crippen LogP contribution in [-0.4, -0.2) is 55.8 Å². The number of carbonyl (C=O) groups is 3. The maximum atomic E-state index is 13.9. The number of nitrogens with one attached hydrogen (secondary N) is 2. The van der Waals surface area contributed by atoms with Gasteiger partial charge in [-0.05, 0) is 68.8 Å². The van der Waals surface area contributed by atoms with Gasteiger partial charge >= 0.3 is 0 Å². The smallest absolute Gasteiger partial charge is 0.243 e. The lowest BCUT2D eigenvalue weighted by molar-refractivity contribution is -0.125. The number of carbonyl (C=O) groups excluding carboxylic acids is 3. The Kier molecular flexibility index (Phi) is 8.11. The SMILES string of the molecule is COc1ccc(C)cc1NC(=O)CNC(=O)CN1CCC(C(=O)c2cc(F)ccc2F)CC1. The second kappa shape index (κ2) is 11.0. The minimum absolute atomic E-state index is 0.0796. The summed E-state index contributed by atoms with van der Waals surface area (Å²) < 4.78 is 32.5. The van der Waals surface area contributed by atoms with E-state index in [1.54, 1.807) is 12.1 Å². The third kappa shape index (κ3) is 6.58. The van der Waals surface area contributed by atoms with Gasteiger partial charge in [-0.1, -0.05) is 6.07 Å². The fraction of sp³-hybridized carbons (Fsp3) is 0.375. The molecule has 1 aliphatic rings. The molecule has 2 aromatic rings. The Morgan fingerprint density at radius 1 is 1.06 bits per heavy atom. The van der Waals surface area contributed by atoms with Crippen molar-refractivity contribution in [3.05, 3.63) is 59.2 Å². The molecule has 0 saturated carbocycles. The second-order valence-electron chi connectivity index (χ2n) is 8.07. The zero-order valence-corrected chi connectivity index (χ0v) is 18.6. The summed E-state index contributed by atoms with van der Waals surface area (Å²) in [6.45, 7) is 2.71. The minimum atomic E-state index is -0.732. The fourth-order valence-corrected chi connectivity index (χ4v) is 3.81. The first-order chi connectivity index (χ1) is 15.8. The molecule has 0 bridgehead atoms. The van der Waals surface area contributed by atoms with Crippen LogP contribution < -0.4 is 15.4 Å². The van der Waals surface area contributed by atoms with E-state index >= 15 is 0 Å². The molecular formula is C24H27F2N3O4. The van der Waals surface area contributed by atoms with Crippen molar-refractivity contribution in [2.75, 3.05) is 38.6 Å². The molecular weight excluding hydrogens is 432 g/mol. The van der Waals surface area contributed by atoms with Crippen molar-refractivity contribution >= 4 is 23.3 Å². The molecule has 33 heavy (non-hydrogen) atoms. The van der Waals surface area contributed by atoms with Gasteiger partial charge in [-0.3, -0.25) is 19.3 Å². The number of methoxy groups -OCH3 is 1. The van der Waals surface area contributed by atoms with Crippen molar-refractivity contribution < 1.29 is 27.9 Å². The highest BCUT2D eigenvalue weighted by Gasteiger charge is 2.28. The molecule has 176 valence electrons. The number of ether oxygens (including phenoxy) is 1. The van der Waals surface area contributed by atoms with Gasteiger partial charge in [0.25, 0.3) is 0 Å². The third-order valence-electron chi connectivity index (χ3n) is 5.59. The van der Waals surface area contributed by atoms with Gasteiger partial charge in [-0.2, -0.15) is 0 Å². The minimum Gasteiger partial charge on any atom is -0.495 e. The molecule has 0 spiro atoms. The van der Waals surface area contributed by atoms with Crippen molar-refractivity contribution in [3.63, 3.8) is 0 Å². The number of amides is 2. The lowest BCUT2D eigenvalue weighted by atomic mass is 9.88. The van der Waals surface area contributed by atoms with E-state index in [0.717, 1.165) is 23.8 Å². The number of anilines is 1. The van der Waals surface area contributed by atoms with Gasteiger partial charge in [0.2, 0.25) is 11.8 Å². The van der Waals surface area contributed by atoms with Gasteiger partial charge < -0.3 is 15.4 Å². The molecule has 1 aliphatic heterocycles. The van der Waals surface area contributed by atoms with Crippen LogP contribution in [0.1, 0.15) is 28.8 Å². The summed E-state index contributed by atoms with van der Waals surface area (Å²) in [6.07, 6.45) is 0.880. The van der Waals surface area contributed by atoms with Crippen LogP contribution in [0.2, 0.25) is 0 Å². The Balaban J connectivity index is 1.43. The molecule has 1 heterocycles. The first kappa shape index (κ1) is 24.3. The zero-order chi connectivity index (χ0) is 24.0. The molecule has 0 atom stereocenters. The van der Waals surface area contributed by atoms with Crippen LogP contribution in [0.4, 0.5) is 14.5 Å². The van der Waals surface area contributed by atoms with Gasteiger partial charge in [-0.25, -0.2) is 8.78 Å². The predicted molar refractivity (Wildman–Crippen MR) is 119 cm³/mol. The van der Waals surface area contributed by atoms with Crippen LogP contribution in [0.3, 0.4) is 0 Å². The van der Waals surface area contributed by atoms with E-state index in [-0.39, 0.29) is 30.5 Å².